The fraction of sp³-hybridized carbons (Fsp3) is 0.467. The third-order valence-corrected chi connectivity index (χ3v) is 6.78. The van der Waals surface area contributed by atoms with E-state index >= 15 is 0 Å². The lowest BCUT2D eigenvalue weighted by molar-refractivity contribution is 0.599. The summed E-state index contributed by atoms with van der Waals surface area (Å²) in [5.74, 6) is 2.05. The molecule has 0 spiro atoms. The summed E-state index contributed by atoms with van der Waals surface area (Å²) in [7, 11) is -0.984. The van der Waals surface area contributed by atoms with E-state index in [0.29, 0.717) is 6.42 Å². The molecule has 1 aliphatic rings. The first kappa shape index (κ1) is 15.6. The van der Waals surface area contributed by atoms with E-state index < -0.39 is 9.84 Å². The Bertz CT molecular complexity index is 784. The zero-order valence-corrected chi connectivity index (χ0v) is 14.3. The topological polar surface area (TPSA) is 64.8 Å². The van der Waals surface area contributed by atoms with Crippen LogP contribution >= 0.6 is 11.8 Å². The molecule has 5 nitrogen and oxygen atoms in total. The Morgan fingerprint density at radius 3 is 2.86 bits per heavy atom. The Labute approximate surface area is 135 Å². The highest BCUT2D eigenvalue weighted by molar-refractivity contribution is 7.98. The minimum absolute atomic E-state index is 0.0178. The van der Waals surface area contributed by atoms with Gasteiger partial charge in [0, 0.05) is 18.7 Å². The van der Waals surface area contributed by atoms with E-state index in [2.05, 4.69) is 41.4 Å². The number of hydrogen-bond acceptors (Lipinski definition) is 5. The predicted molar refractivity (Wildman–Crippen MR) is 87.8 cm³/mol. The normalized spacial score (nSPS) is 20.4. The van der Waals surface area contributed by atoms with Crippen LogP contribution in [0.3, 0.4) is 0 Å². The highest BCUT2D eigenvalue weighted by Gasteiger charge is 2.32. The highest BCUT2D eigenvalue weighted by atomic mass is 32.2. The molecule has 1 aromatic heterocycles. The number of benzene rings is 1. The monoisotopic (exact) mass is 337 g/mol. The molecule has 3 rings (SSSR count). The summed E-state index contributed by atoms with van der Waals surface area (Å²) in [5.41, 5.74) is 2.49. The summed E-state index contributed by atoms with van der Waals surface area (Å²) < 4.78 is 25.2. The van der Waals surface area contributed by atoms with E-state index in [1.165, 1.54) is 11.1 Å². The maximum Gasteiger partial charge on any atom is 0.191 e. The van der Waals surface area contributed by atoms with E-state index in [1.54, 1.807) is 11.8 Å². The van der Waals surface area contributed by atoms with Gasteiger partial charge in [0.2, 0.25) is 0 Å². The summed E-state index contributed by atoms with van der Waals surface area (Å²) >= 11 is 1.63. The van der Waals surface area contributed by atoms with Crippen molar-refractivity contribution in [2.24, 2.45) is 7.05 Å². The van der Waals surface area contributed by atoms with Gasteiger partial charge in [-0.05, 0) is 18.9 Å². The van der Waals surface area contributed by atoms with Gasteiger partial charge in [0.25, 0.3) is 0 Å². The molecule has 1 aliphatic heterocycles. The molecule has 1 fully saturated rings. The maximum absolute atomic E-state index is 11.6. The molecule has 0 N–H and O–H groups in total. The second-order valence-electron chi connectivity index (χ2n) is 5.78. The Morgan fingerprint density at radius 1 is 1.36 bits per heavy atom. The predicted octanol–water partition coefficient (Wildman–Crippen LogP) is 2.32. The molecule has 0 bridgehead atoms. The molecule has 1 aromatic carbocycles. The van der Waals surface area contributed by atoms with Crippen LogP contribution in [0.25, 0.3) is 0 Å². The van der Waals surface area contributed by atoms with Gasteiger partial charge in [0.1, 0.15) is 5.82 Å². The van der Waals surface area contributed by atoms with Crippen molar-refractivity contribution in [3.05, 3.63) is 41.2 Å². The number of hydrogen-bond donors (Lipinski definition) is 0. The van der Waals surface area contributed by atoms with Crippen LogP contribution < -0.4 is 0 Å². The molecule has 1 atom stereocenters. The third kappa shape index (κ3) is 3.35. The van der Waals surface area contributed by atoms with Gasteiger partial charge in [-0.2, -0.15) is 0 Å². The SMILES string of the molecule is Cc1cccc(CSc2nnc(C3CCS(=O)(=O)C3)n2C)c1. The summed E-state index contributed by atoms with van der Waals surface area (Å²) in [6.45, 7) is 2.08. The van der Waals surface area contributed by atoms with Crippen LogP contribution in [-0.2, 0) is 22.6 Å². The quantitative estimate of drug-likeness (QED) is 0.801. The maximum atomic E-state index is 11.6. The molecule has 0 amide bonds. The van der Waals surface area contributed by atoms with Gasteiger partial charge in [0.15, 0.2) is 15.0 Å². The summed E-state index contributed by atoms with van der Waals surface area (Å²) in [6, 6.07) is 8.39. The molecule has 118 valence electrons. The van der Waals surface area contributed by atoms with E-state index in [9.17, 15) is 8.42 Å². The Morgan fingerprint density at radius 2 is 2.18 bits per heavy atom. The lowest BCUT2D eigenvalue weighted by Gasteiger charge is -2.08. The second-order valence-corrected chi connectivity index (χ2v) is 8.95. The summed E-state index contributed by atoms with van der Waals surface area (Å²) in [6.07, 6.45) is 0.650. The van der Waals surface area contributed by atoms with Crippen molar-refractivity contribution in [3.63, 3.8) is 0 Å². The van der Waals surface area contributed by atoms with Gasteiger partial charge < -0.3 is 4.57 Å². The fourth-order valence-corrected chi connectivity index (χ4v) is 5.36. The lowest BCUT2D eigenvalue weighted by Crippen LogP contribution is -2.09. The number of aryl methyl sites for hydroxylation is 1. The van der Waals surface area contributed by atoms with E-state index in [4.69, 9.17) is 0 Å². The number of sulfone groups is 1. The molecule has 7 heteroatoms. The van der Waals surface area contributed by atoms with Gasteiger partial charge in [-0.15, -0.1) is 10.2 Å². The largest absolute Gasteiger partial charge is 0.309 e. The van der Waals surface area contributed by atoms with Crippen LogP contribution in [0, 0.1) is 6.92 Å². The number of thioether (sulfide) groups is 1. The van der Waals surface area contributed by atoms with Crippen LogP contribution in [0.15, 0.2) is 29.4 Å². The molecule has 0 saturated carbocycles. The minimum Gasteiger partial charge on any atom is -0.309 e. The van der Waals surface area contributed by atoms with E-state index in [0.717, 1.165) is 16.7 Å². The second kappa shape index (κ2) is 6.04. The van der Waals surface area contributed by atoms with E-state index in [1.807, 2.05) is 11.6 Å². The first-order valence-corrected chi connectivity index (χ1v) is 10.0. The third-order valence-electron chi connectivity index (χ3n) is 3.92. The zero-order valence-electron chi connectivity index (χ0n) is 12.7. The van der Waals surface area contributed by atoms with Gasteiger partial charge in [-0.25, -0.2) is 8.42 Å². The molecule has 0 radical (unpaired) electrons. The summed E-state index contributed by atoms with van der Waals surface area (Å²) in [5, 5.41) is 9.28. The average Bonchev–Trinajstić information content (AvgIpc) is 2.99. The Balaban J connectivity index is 1.71. The fourth-order valence-electron chi connectivity index (χ4n) is 2.76. The Kier molecular flexibility index (Phi) is 4.27. The average molecular weight is 337 g/mol. The number of aromatic nitrogens is 3. The smallest absolute Gasteiger partial charge is 0.191 e. The van der Waals surface area contributed by atoms with Crippen LogP contribution in [0.1, 0.15) is 29.3 Å². The van der Waals surface area contributed by atoms with Gasteiger partial charge in [0.05, 0.1) is 11.5 Å². The molecular formula is C15H19N3O2S2. The number of rotatable bonds is 4. The van der Waals surface area contributed by atoms with Crippen molar-refractivity contribution in [2.45, 2.75) is 30.2 Å². The van der Waals surface area contributed by atoms with E-state index in [-0.39, 0.29) is 17.4 Å². The van der Waals surface area contributed by atoms with Crippen LogP contribution in [-0.4, -0.2) is 34.7 Å². The molecule has 22 heavy (non-hydrogen) atoms. The highest BCUT2D eigenvalue weighted by Crippen LogP contribution is 2.30. The van der Waals surface area contributed by atoms with Crippen molar-refractivity contribution in [2.75, 3.05) is 11.5 Å². The standard InChI is InChI=1S/C15H19N3O2S2/c1-11-4-3-5-12(8-11)9-21-15-17-16-14(18(15)2)13-6-7-22(19,20)10-13/h3-5,8,13H,6-7,9-10H2,1-2H3. The van der Waals surface area contributed by atoms with Crippen LogP contribution in [0.4, 0.5) is 0 Å². The molecule has 1 saturated heterocycles. The van der Waals surface area contributed by atoms with Crippen LogP contribution in [0.2, 0.25) is 0 Å². The van der Waals surface area contributed by atoms with Crippen molar-refractivity contribution < 1.29 is 8.42 Å². The molecule has 2 aromatic rings. The molecule has 1 unspecified atom stereocenters. The first-order chi connectivity index (χ1) is 10.4. The number of nitrogens with zero attached hydrogens (tertiary/aromatic N) is 3. The zero-order chi connectivity index (χ0) is 15.7. The van der Waals surface area contributed by atoms with Crippen molar-refractivity contribution in [3.8, 4) is 0 Å². The lowest BCUT2D eigenvalue weighted by atomic mass is 10.1. The molecule has 0 aliphatic carbocycles. The Hall–Kier alpha value is -1.34. The van der Waals surface area contributed by atoms with Crippen LogP contribution in [0.5, 0.6) is 0 Å². The molecular weight excluding hydrogens is 318 g/mol. The van der Waals surface area contributed by atoms with Gasteiger partial charge >= 0.3 is 0 Å². The van der Waals surface area contributed by atoms with Crippen molar-refractivity contribution in [1.82, 2.24) is 14.8 Å². The van der Waals surface area contributed by atoms with Gasteiger partial charge in [-0.3, -0.25) is 0 Å². The minimum atomic E-state index is -2.90. The van der Waals surface area contributed by atoms with Gasteiger partial charge in [-0.1, -0.05) is 41.6 Å². The first-order valence-electron chi connectivity index (χ1n) is 7.23. The summed E-state index contributed by atoms with van der Waals surface area (Å²) in [4.78, 5) is 0. The molecule has 2 heterocycles. The van der Waals surface area contributed by atoms with Crippen molar-refractivity contribution >= 4 is 21.6 Å². The van der Waals surface area contributed by atoms with Crippen molar-refractivity contribution in [1.29, 1.82) is 0 Å².